The van der Waals surface area contributed by atoms with E-state index in [1.165, 1.54) is 32.6 Å². The lowest BCUT2D eigenvalue weighted by molar-refractivity contribution is -0.308. The van der Waals surface area contributed by atoms with Crippen molar-refractivity contribution in [1.82, 2.24) is 20.9 Å². The van der Waals surface area contributed by atoms with Crippen molar-refractivity contribution in [2.75, 3.05) is 27.2 Å². The summed E-state index contributed by atoms with van der Waals surface area (Å²) < 4.78 is 24.1. The van der Waals surface area contributed by atoms with Crippen LogP contribution >= 0.6 is 0 Å². The molecule has 0 radical (unpaired) electrons. The smallest absolute Gasteiger partial charge is 0.336 e. The molecule has 3 rings (SSSR count). The molecule has 0 bridgehead atoms. The quantitative estimate of drug-likeness (QED) is 0.0793. The predicted octanol–water partition coefficient (Wildman–Crippen LogP) is -4.35. The number of carboxylic acids is 3. The third-order valence-corrected chi connectivity index (χ3v) is 9.27. The second-order valence-corrected chi connectivity index (χ2v) is 14.1. The highest BCUT2D eigenvalue weighted by Gasteiger charge is 2.52. The zero-order valence-electron chi connectivity index (χ0n) is 31.0. The predicted molar refractivity (Wildman–Crippen MR) is 181 cm³/mol. The lowest BCUT2D eigenvalue weighted by Gasteiger charge is -2.49. The third-order valence-electron chi connectivity index (χ3n) is 9.27. The van der Waals surface area contributed by atoms with Gasteiger partial charge in [0.2, 0.25) is 17.7 Å². The van der Waals surface area contributed by atoms with Crippen molar-refractivity contribution >= 4 is 35.6 Å². The van der Waals surface area contributed by atoms with Gasteiger partial charge < -0.3 is 81.3 Å². The first kappa shape index (κ1) is 46.6. The van der Waals surface area contributed by atoms with Crippen LogP contribution in [0.15, 0.2) is 0 Å². The Morgan fingerprint density at radius 2 is 1.43 bits per heavy atom. The van der Waals surface area contributed by atoms with Gasteiger partial charge in [-0.1, -0.05) is 0 Å². The van der Waals surface area contributed by atoms with Crippen LogP contribution in [0.25, 0.3) is 0 Å². The highest BCUT2D eigenvalue weighted by molar-refractivity contribution is 5.88. The maximum atomic E-state index is 12.1. The van der Waals surface area contributed by atoms with E-state index in [9.17, 15) is 44.1 Å². The second kappa shape index (κ2) is 19.8. The Labute approximate surface area is 311 Å². The van der Waals surface area contributed by atoms with Crippen LogP contribution in [-0.2, 0) is 47.7 Å². The van der Waals surface area contributed by atoms with Crippen molar-refractivity contribution in [3.8, 4) is 0 Å². The fourth-order valence-corrected chi connectivity index (χ4v) is 6.54. The molecule has 1 aliphatic carbocycles. The average Bonchev–Trinajstić information content (AvgIpc) is 3.02. The number of rotatable bonds is 14. The summed E-state index contributed by atoms with van der Waals surface area (Å²) in [6.45, 7) is 5.83. The molecule has 0 aromatic heterocycles. The summed E-state index contributed by atoms with van der Waals surface area (Å²) in [5, 5.41) is 75.2. The van der Waals surface area contributed by atoms with Crippen LogP contribution in [0.2, 0.25) is 0 Å². The highest BCUT2D eigenvalue weighted by Crippen LogP contribution is 2.32. The minimum absolute atomic E-state index is 0.133. The number of aliphatic hydroxyl groups excluding tert-OH is 2. The van der Waals surface area contributed by atoms with Crippen LogP contribution in [0.1, 0.15) is 59.8 Å². The van der Waals surface area contributed by atoms with E-state index in [0.29, 0.717) is 19.4 Å². The van der Waals surface area contributed by atoms with E-state index in [1.54, 1.807) is 14.1 Å². The number of likely N-dealkylation sites (N-methyl/N-ethyl adjacent to an activating group) is 2. The van der Waals surface area contributed by atoms with Crippen molar-refractivity contribution in [3.05, 3.63) is 0 Å². The normalized spacial score (nSPS) is 34.0. The molecule has 3 amide bonds. The van der Waals surface area contributed by atoms with Crippen molar-refractivity contribution in [2.24, 2.45) is 5.73 Å². The summed E-state index contributed by atoms with van der Waals surface area (Å²) >= 11 is 0. The van der Waals surface area contributed by atoms with Crippen LogP contribution in [-0.4, -0.2) is 182 Å². The topological polar surface area (TPSA) is 346 Å². The number of carbonyl (C=O) groups excluding carboxylic acids is 3. The molecule has 0 aromatic carbocycles. The number of hydrogen-bond acceptors (Lipinski definition) is 16. The Balaban J connectivity index is 0.000000660. The number of hydrogen-bond donors (Lipinski definition) is 11. The van der Waals surface area contributed by atoms with Crippen molar-refractivity contribution in [3.63, 3.8) is 0 Å². The van der Waals surface area contributed by atoms with E-state index >= 15 is 0 Å². The summed E-state index contributed by atoms with van der Waals surface area (Å²) in [5.41, 5.74) is 2.29. The number of carboxylic acid groups (broad SMARTS) is 3. The Morgan fingerprint density at radius 1 is 0.889 bits per heavy atom. The van der Waals surface area contributed by atoms with Crippen LogP contribution in [0.5, 0.6) is 0 Å². The molecule has 2 aliphatic heterocycles. The fraction of sp³-hybridized carbons (Fsp3) is 0.812. The second-order valence-electron chi connectivity index (χ2n) is 14.1. The molecule has 22 heteroatoms. The first-order chi connectivity index (χ1) is 24.9. The third kappa shape index (κ3) is 13.0. The van der Waals surface area contributed by atoms with Gasteiger partial charge in [0.05, 0.1) is 43.7 Å². The molecule has 3 aliphatic rings. The highest BCUT2D eigenvalue weighted by atomic mass is 16.7. The molecule has 0 aromatic rings. The van der Waals surface area contributed by atoms with E-state index in [2.05, 4.69) is 16.0 Å². The fourth-order valence-electron chi connectivity index (χ4n) is 6.54. The summed E-state index contributed by atoms with van der Waals surface area (Å²) in [6, 6.07) is -2.87. The molecule has 12 atom stereocenters. The first-order valence-corrected chi connectivity index (χ1v) is 17.2. The maximum absolute atomic E-state index is 12.1. The van der Waals surface area contributed by atoms with Gasteiger partial charge in [0.1, 0.15) is 30.0 Å². The lowest BCUT2D eigenvalue weighted by Crippen LogP contribution is -2.69. The average molecular weight is 782 g/mol. The van der Waals surface area contributed by atoms with Crippen LogP contribution in [0.3, 0.4) is 0 Å². The Hall–Kier alpha value is -3.58. The molecule has 12 N–H and O–H groups in total. The van der Waals surface area contributed by atoms with E-state index in [1.807, 2.05) is 0 Å². The van der Waals surface area contributed by atoms with Crippen LogP contribution in [0.4, 0.5) is 0 Å². The van der Waals surface area contributed by atoms with E-state index in [4.69, 9.17) is 45.1 Å². The molecule has 54 heavy (non-hydrogen) atoms. The first-order valence-electron chi connectivity index (χ1n) is 17.2. The van der Waals surface area contributed by atoms with Crippen molar-refractivity contribution in [2.45, 2.75) is 138 Å². The van der Waals surface area contributed by atoms with Crippen molar-refractivity contribution in [1.29, 1.82) is 0 Å². The van der Waals surface area contributed by atoms with Gasteiger partial charge in [-0.25, -0.2) is 4.79 Å². The summed E-state index contributed by atoms with van der Waals surface area (Å²) in [5.74, 6) is -5.81. The minimum Gasteiger partial charge on any atom is -0.481 e. The van der Waals surface area contributed by atoms with E-state index < -0.39 is 109 Å². The SMILES string of the molecule is CN[C@@H]1[C@@H](O)[C@@H](O[C@@H]2[C@@H](O)[C@H](O[C@H]3O[C@H](CN(C)C(C)=O)CC[C@H]3NC(C)=O)[C@@H](NC(C)=O)C[C@H]2N)OC[C@]1(C)O.O=C(O)CC(O)(CC(=O)O)C(=O)O. The van der Waals surface area contributed by atoms with Gasteiger partial charge in [-0.3, -0.25) is 24.0 Å². The minimum atomic E-state index is -2.74. The van der Waals surface area contributed by atoms with Gasteiger partial charge in [-0.2, -0.15) is 0 Å². The lowest BCUT2D eigenvalue weighted by atomic mass is 9.83. The molecule has 1 saturated carbocycles. The molecular weight excluding hydrogens is 726 g/mol. The Bertz CT molecular complexity index is 1320. The molecular formula is C32H55N5O17. The van der Waals surface area contributed by atoms with E-state index in [-0.39, 0.29) is 30.7 Å². The number of ether oxygens (including phenoxy) is 4. The number of aliphatic hydroxyl groups is 4. The molecule has 3 fully saturated rings. The standard InChI is InChI=1S/C26H47N5O10.C6H8O7/c1-12(32)29-17-8-7-15(10-31(6)14(3)34)39-24(17)41-22-18(30-13(2)33)9-16(27)21(19(22)35)40-25-20(36)23(28-5)26(4,37)11-38-25;7-3(8)1-6(13,5(11)12)2-4(9)10/h15-25,28,35-37H,7-11,27H2,1-6H3,(H,29,32)(H,30,33);13H,1-2H2,(H,7,8)(H,9,10)(H,11,12)/t15-,16+,17+,18-,19+,20+,21-,22+,23+,24+,25+,26-;/m0./s1. The van der Waals surface area contributed by atoms with Crippen molar-refractivity contribution < 1.29 is 83.5 Å². The zero-order valence-corrected chi connectivity index (χ0v) is 31.0. The maximum Gasteiger partial charge on any atom is 0.336 e. The Morgan fingerprint density at radius 3 is 1.91 bits per heavy atom. The number of carbonyl (C=O) groups is 6. The van der Waals surface area contributed by atoms with Gasteiger partial charge in [0, 0.05) is 40.4 Å². The number of aliphatic carboxylic acids is 3. The summed E-state index contributed by atoms with van der Waals surface area (Å²) in [7, 11) is 3.24. The molecule has 310 valence electrons. The molecule has 22 nitrogen and oxygen atoms in total. The zero-order chi connectivity index (χ0) is 41.3. The molecule has 2 heterocycles. The number of nitrogens with zero attached hydrogens (tertiary/aromatic N) is 1. The summed E-state index contributed by atoms with van der Waals surface area (Å²) in [6.07, 6.45) is -8.62. The monoisotopic (exact) mass is 781 g/mol. The van der Waals surface area contributed by atoms with Crippen LogP contribution < -0.4 is 21.7 Å². The number of nitrogens with one attached hydrogen (secondary N) is 3. The molecule has 0 unspecified atom stereocenters. The van der Waals surface area contributed by atoms with E-state index in [0.717, 1.165) is 0 Å². The van der Waals surface area contributed by atoms with Gasteiger partial charge in [-0.15, -0.1) is 0 Å². The van der Waals surface area contributed by atoms with Gasteiger partial charge in [-0.05, 0) is 33.2 Å². The van der Waals surface area contributed by atoms with Gasteiger partial charge in [0.25, 0.3) is 0 Å². The molecule has 2 saturated heterocycles. The number of nitrogens with two attached hydrogens (primary N) is 1. The number of amides is 3. The largest absolute Gasteiger partial charge is 0.481 e. The van der Waals surface area contributed by atoms with Crippen LogP contribution in [0, 0.1) is 0 Å². The molecule has 0 spiro atoms. The Kier molecular flexibility index (Phi) is 17.1. The summed E-state index contributed by atoms with van der Waals surface area (Å²) in [4.78, 5) is 67.8. The van der Waals surface area contributed by atoms with Gasteiger partial charge in [0.15, 0.2) is 18.2 Å². The van der Waals surface area contributed by atoms with Gasteiger partial charge >= 0.3 is 17.9 Å².